The Morgan fingerprint density at radius 1 is 0.969 bits per heavy atom. The van der Waals surface area contributed by atoms with Crippen molar-refractivity contribution in [2.24, 2.45) is 0 Å². The third-order valence-corrected chi connectivity index (χ3v) is 6.83. The number of anilines is 1. The summed E-state index contributed by atoms with van der Waals surface area (Å²) in [4.78, 5) is 40.7. The van der Waals surface area contributed by atoms with Gasteiger partial charge in [-0.05, 0) is 42.5 Å². The van der Waals surface area contributed by atoms with Crippen LogP contribution in [0.5, 0.6) is 0 Å². The molecule has 1 fully saturated rings. The molecule has 6 heteroatoms. The highest BCUT2D eigenvalue weighted by molar-refractivity contribution is 6.07. The first-order chi connectivity index (χ1) is 15.6. The van der Waals surface area contributed by atoms with Crippen molar-refractivity contribution in [2.45, 2.75) is 37.3 Å². The van der Waals surface area contributed by atoms with Gasteiger partial charge in [0.25, 0.3) is 5.56 Å². The lowest BCUT2D eigenvalue weighted by molar-refractivity contribution is -0.134. The quantitative estimate of drug-likeness (QED) is 0.681. The van der Waals surface area contributed by atoms with E-state index in [4.69, 9.17) is 0 Å². The molecular formula is C26H25N3O3. The van der Waals surface area contributed by atoms with Crippen LogP contribution in [-0.4, -0.2) is 33.9 Å². The number of para-hydroxylation sites is 1. The maximum absolute atomic E-state index is 13.4. The van der Waals surface area contributed by atoms with Gasteiger partial charge in [0.2, 0.25) is 11.8 Å². The Balaban J connectivity index is 1.49. The van der Waals surface area contributed by atoms with E-state index < -0.39 is 5.41 Å². The number of fused-ring (bicyclic) bond motifs is 2. The van der Waals surface area contributed by atoms with Gasteiger partial charge in [-0.15, -0.1) is 0 Å². The Hall–Kier alpha value is -3.67. The molecule has 6 nitrogen and oxygen atoms in total. The average molecular weight is 428 g/mol. The lowest BCUT2D eigenvalue weighted by Gasteiger charge is -2.34. The molecule has 2 aromatic carbocycles. The molecule has 2 amide bonds. The molecule has 0 saturated carbocycles. The molecule has 2 atom stereocenters. The predicted octanol–water partition coefficient (Wildman–Crippen LogP) is 2.97. The van der Waals surface area contributed by atoms with E-state index in [1.165, 1.54) is 16.2 Å². The molecule has 1 aromatic heterocycles. The largest absolute Gasteiger partial charge is 0.337 e. The van der Waals surface area contributed by atoms with Gasteiger partial charge >= 0.3 is 0 Å². The van der Waals surface area contributed by atoms with Crippen molar-refractivity contribution in [2.75, 3.05) is 11.9 Å². The Morgan fingerprint density at radius 2 is 1.72 bits per heavy atom. The van der Waals surface area contributed by atoms with Gasteiger partial charge in [-0.3, -0.25) is 14.4 Å². The van der Waals surface area contributed by atoms with E-state index in [1.54, 1.807) is 18.3 Å². The molecule has 0 aliphatic carbocycles. The van der Waals surface area contributed by atoms with Crippen molar-refractivity contribution < 1.29 is 9.59 Å². The van der Waals surface area contributed by atoms with Gasteiger partial charge in [0.05, 0.1) is 11.5 Å². The van der Waals surface area contributed by atoms with Crippen LogP contribution in [0.1, 0.15) is 24.0 Å². The molecule has 1 spiro atoms. The molecule has 1 N–H and O–H groups in total. The summed E-state index contributed by atoms with van der Waals surface area (Å²) < 4.78 is 1.42. The van der Waals surface area contributed by atoms with Gasteiger partial charge in [0.1, 0.15) is 6.54 Å². The Morgan fingerprint density at radius 3 is 2.53 bits per heavy atom. The zero-order valence-electron chi connectivity index (χ0n) is 17.7. The lowest BCUT2D eigenvalue weighted by Crippen LogP contribution is -2.50. The number of hydrogen-bond donors (Lipinski definition) is 1. The van der Waals surface area contributed by atoms with Gasteiger partial charge < -0.3 is 14.8 Å². The minimum absolute atomic E-state index is 0.0269. The summed E-state index contributed by atoms with van der Waals surface area (Å²) in [7, 11) is 0. The second-order valence-electron chi connectivity index (χ2n) is 8.52. The predicted molar refractivity (Wildman–Crippen MR) is 122 cm³/mol. The topological polar surface area (TPSA) is 71.4 Å². The molecule has 0 unspecified atom stereocenters. The van der Waals surface area contributed by atoms with E-state index >= 15 is 0 Å². The third kappa shape index (κ3) is 3.32. The number of nitrogens with one attached hydrogen (secondary N) is 1. The summed E-state index contributed by atoms with van der Waals surface area (Å²) in [5.74, 6) is -0.172. The molecule has 3 heterocycles. The average Bonchev–Trinajstić information content (AvgIpc) is 3.33. The number of hydrogen-bond acceptors (Lipinski definition) is 3. The maximum Gasteiger partial charge on any atom is 0.250 e. The van der Waals surface area contributed by atoms with Gasteiger partial charge in [0.15, 0.2) is 0 Å². The molecule has 162 valence electrons. The number of benzene rings is 2. The fraction of sp³-hybridized carbons (Fsp3) is 0.269. The summed E-state index contributed by atoms with van der Waals surface area (Å²) >= 11 is 0. The molecule has 5 rings (SSSR count). The van der Waals surface area contributed by atoms with E-state index in [1.807, 2.05) is 47.4 Å². The Bertz CT molecular complexity index is 1220. The smallest absolute Gasteiger partial charge is 0.250 e. The van der Waals surface area contributed by atoms with Crippen LogP contribution in [0.25, 0.3) is 0 Å². The summed E-state index contributed by atoms with van der Waals surface area (Å²) in [5, 5.41) is 3.04. The molecule has 0 bridgehead atoms. The zero-order chi connectivity index (χ0) is 22.1. The Kier molecular flexibility index (Phi) is 5.13. The summed E-state index contributed by atoms with van der Waals surface area (Å²) in [6.07, 6.45) is 3.63. The van der Waals surface area contributed by atoms with Crippen molar-refractivity contribution in [1.29, 1.82) is 0 Å². The highest BCUT2D eigenvalue weighted by Gasteiger charge is 2.58. The van der Waals surface area contributed by atoms with Crippen LogP contribution < -0.4 is 10.9 Å². The van der Waals surface area contributed by atoms with Crippen LogP contribution in [0.2, 0.25) is 0 Å². The number of rotatable bonds is 5. The van der Waals surface area contributed by atoms with Crippen molar-refractivity contribution >= 4 is 17.5 Å². The fourth-order valence-electron chi connectivity index (χ4n) is 5.28. The number of carbonyl (C=O) groups is 2. The van der Waals surface area contributed by atoms with Gasteiger partial charge in [-0.1, -0.05) is 54.6 Å². The molecule has 1 saturated heterocycles. The number of amides is 2. The molecule has 2 aliphatic heterocycles. The molecule has 2 aliphatic rings. The number of pyridine rings is 1. The Labute approximate surface area is 186 Å². The normalized spacial score (nSPS) is 21.6. The molecule has 3 aromatic rings. The number of carbonyl (C=O) groups excluding carboxylic acids is 2. The van der Waals surface area contributed by atoms with Crippen molar-refractivity contribution in [1.82, 2.24) is 9.47 Å². The zero-order valence-corrected chi connectivity index (χ0v) is 17.7. The first kappa shape index (κ1) is 20.2. The van der Waals surface area contributed by atoms with Crippen LogP contribution in [0.4, 0.5) is 5.69 Å². The SMILES string of the molecule is O=C(Cn1ccccc1=O)N1CC[C@@]2(C(=O)Nc3ccccc32)[C@@H]1CCc1ccccc1. The van der Waals surface area contributed by atoms with Crippen LogP contribution in [0.15, 0.2) is 83.8 Å². The van der Waals surface area contributed by atoms with E-state index in [0.29, 0.717) is 19.4 Å². The summed E-state index contributed by atoms with van der Waals surface area (Å²) in [6.45, 7) is 0.461. The van der Waals surface area contributed by atoms with E-state index in [2.05, 4.69) is 17.4 Å². The minimum atomic E-state index is -0.761. The fourth-order valence-corrected chi connectivity index (χ4v) is 5.28. The monoisotopic (exact) mass is 427 g/mol. The van der Waals surface area contributed by atoms with E-state index in [-0.39, 0.29) is 30.0 Å². The van der Waals surface area contributed by atoms with Gasteiger partial charge in [0, 0.05) is 24.5 Å². The maximum atomic E-state index is 13.4. The lowest BCUT2D eigenvalue weighted by atomic mass is 9.73. The van der Waals surface area contributed by atoms with Crippen molar-refractivity contribution in [3.8, 4) is 0 Å². The van der Waals surface area contributed by atoms with Crippen LogP contribution in [-0.2, 0) is 28.0 Å². The number of aryl methyl sites for hydroxylation is 1. The van der Waals surface area contributed by atoms with Gasteiger partial charge in [-0.2, -0.15) is 0 Å². The summed E-state index contributed by atoms with van der Waals surface area (Å²) in [6, 6.07) is 22.5. The number of aromatic nitrogens is 1. The van der Waals surface area contributed by atoms with Gasteiger partial charge in [-0.25, -0.2) is 0 Å². The molecule has 0 radical (unpaired) electrons. The van der Waals surface area contributed by atoms with E-state index in [0.717, 1.165) is 17.7 Å². The van der Waals surface area contributed by atoms with Crippen LogP contribution in [0, 0.1) is 0 Å². The second kappa shape index (κ2) is 8.11. The number of nitrogens with zero attached hydrogens (tertiary/aromatic N) is 2. The van der Waals surface area contributed by atoms with Crippen LogP contribution >= 0.6 is 0 Å². The summed E-state index contributed by atoms with van der Waals surface area (Å²) in [5.41, 5.74) is 2.00. The van der Waals surface area contributed by atoms with Crippen molar-refractivity contribution in [3.63, 3.8) is 0 Å². The van der Waals surface area contributed by atoms with Crippen LogP contribution in [0.3, 0.4) is 0 Å². The molecular weight excluding hydrogens is 402 g/mol. The standard InChI is InChI=1S/C26H25N3O3/c30-23-12-6-7-16-28(23)18-24(31)29-17-15-26(20-10-4-5-11-21(20)27-25(26)32)22(29)14-13-19-8-2-1-3-9-19/h1-12,16,22H,13-15,17-18H2,(H,27,32)/t22-,26-/m0/s1. The minimum Gasteiger partial charge on any atom is -0.337 e. The highest BCUT2D eigenvalue weighted by atomic mass is 16.2. The second-order valence-corrected chi connectivity index (χ2v) is 8.52. The van der Waals surface area contributed by atoms with E-state index in [9.17, 15) is 14.4 Å². The molecule has 32 heavy (non-hydrogen) atoms. The first-order valence-electron chi connectivity index (χ1n) is 11.0. The first-order valence-corrected chi connectivity index (χ1v) is 11.0. The third-order valence-electron chi connectivity index (χ3n) is 6.83. The highest BCUT2D eigenvalue weighted by Crippen LogP contribution is 2.49. The van der Waals surface area contributed by atoms with Crippen molar-refractivity contribution in [3.05, 3.63) is 100 Å². The number of likely N-dealkylation sites (tertiary alicyclic amines) is 1.